The molecule has 134 valence electrons. The van der Waals surface area contributed by atoms with Gasteiger partial charge in [-0.2, -0.15) is 5.26 Å². The molecule has 0 unspecified atom stereocenters. The lowest BCUT2D eigenvalue weighted by Crippen LogP contribution is -2.55. The van der Waals surface area contributed by atoms with Gasteiger partial charge in [0.2, 0.25) is 5.91 Å². The lowest BCUT2D eigenvalue weighted by molar-refractivity contribution is -0.124. The molecule has 6 nitrogen and oxygen atoms in total. The quantitative estimate of drug-likeness (QED) is 0.880. The molecule has 1 atom stereocenters. The van der Waals surface area contributed by atoms with Gasteiger partial charge in [-0.1, -0.05) is 32.0 Å². The van der Waals surface area contributed by atoms with Crippen molar-refractivity contribution in [3.05, 3.63) is 35.9 Å². The van der Waals surface area contributed by atoms with Crippen molar-refractivity contribution in [1.82, 2.24) is 15.1 Å². The van der Waals surface area contributed by atoms with Crippen LogP contribution >= 0.6 is 0 Å². The monoisotopic (exact) mass is 342 g/mol. The molecule has 2 amide bonds. The Labute approximate surface area is 149 Å². The van der Waals surface area contributed by atoms with E-state index in [4.69, 9.17) is 0 Å². The van der Waals surface area contributed by atoms with Crippen LogP contribution in [-0.4, -0.2) is 59.9 Å². The molecule has 2 rings (SSSR count). The van der Waals surface area contributed by atoms with E-state index in [1.807, 2.05) is 54.0 Å². The van der Waals surface area contributed by atoms with Crippen molar-refractivity contribution >= 4 is 11.8 Å². The average Bonchev–Trinajstić information content (AvgIpc) is 2.62. The average molecular weight is 342 g/mol. The molecule has 1 N–H and O–H groups in total. The zero-order valence-corrected chi connectivity index (χ0v) is 15.2. The summed E-state index contributed by atoms with van der Waals surface area (Å²) in [5.41, 5.74) is -0.169. The molecule has 1 fully saturated rings. The van der Waals surface area contributed by atoms with E-state index in [2.05, 4.69) is 11.4 Å². The Morgan fingerprint density at radius 2 is 1.80 bits per heavy atom. The molecule has 6 heteroatoms. The Hall–Kier alpha value is -2.39. The first-order valence-corrected chi connectivity index (χ1v) is 8.64. The molecule has 1 aromatic carbocycles. The molecule has 0 saturated carbocycles. The molecular weight excluding hydrogens is 316 g/mol. The number of piperazine rings is 1. The fourth-order valence-corrected chi connectivity index (χ4v) is 2.71. The van der Waals surface area contributed by atoms with Crippen LogP contribution < -0.4 is 5.32 Å². The van der Waals surface area contributed by atoms with E-state index in [0.717, 1.165) is 0 Å². The van der Waals surface area contributed by atoms with Gasteiger partial charge in [0, 0.05) is 31.7 Å². The van der Waals surface area contributed by atoms with Gasteiger partial charge in [-0.25, -0.2) is 0 Å². The van der Waals surface area contributed by atoms with Crippen molar-refractivity contribution in [1.29, 1.82) is 5.26 Å². The minimum absolute atomic E-state index is 0.0292. The van der Waals surface area contributed by atoms with Crippen LogP contribution in [0, 0.1) is 17.2 Å². The van der Waals surface area contributed by atoms with Gasteiger partial charge in [0.15, 0.2) is 0 Å². The van der Waals surface area contributed by atoms with E-state index < -0.39 is 5.54 Å². The van der Waals surface area contributed by atoms with Crippen LogP contribution in [-0.2, 0) is 4.79 Å². The van der Waals surface area contributed by atoms with Crippen molar-refractivity contribution in [3.63, 3.8) is 0 Å². The van der Waals surface area contributed by atoms with E-state index in [1.165, 1.54) is 0 Å². The first-order valence-electron chi connectivity index (χ1n) is 8.64. The summed E-state index contributed by atoms with van der Waals surface area (Å²) in [6.07, 6.45) is 0. The molecule has 1 heterocycles. The fraction of sp³-hybridized carbons (Fsp3) is 0.526. The number of benzene rings is 1. The molecule has 1 aromatic rings. The molecule has 0 aliphatic carbocycles. The Balaban J connectivity index is 1.83. The highest BCUT2D eigenvalue weighted by Gasteiger charge is 2.31. The smallest absolute Gasteiger partial charge is 0.253 e. The number of carbonyl (C=O) groups excluding carboxylic acids is 2. The number of hydrogen-bond donors (Lipinski definition) is 1. The molecule has 1 saturated heterocycles. The highest BCUT2D eigenvalue weighted by Crippen LogP contribution is 2.15. The van der Waals surface area contributed by atoms with Crippen molar-refractivity contribution in [2.24, 2.45) is 5.92 Å². The number of rotatable bonds is 5. The predicted molar refractivity (Wildman–Crippen MR) is 95.8 cm³/mol. The highest BCUT2D eigenvalue weighted by atomic mass is 16.2. The van der Waals surface area contributed by atoms with Crippen molar-refractivity contribution in [2.75, 3.05) is 32.7 Å². The number of nitrogens with one attached hydrogen (secondary N) is 1. The van der Waals surface area contributed by atoms with E-state index >= 15 is 0 Å². The van der Waals surface area contributed by atoms with Gasteiger partial charge >= 0.3 is 0 Å². The molecule has 0 spiro atoms. The molecule has 1 aliphatic rings. The van der Waals surface area contributed by atoms with Gasteiger partial charge in [0.05, 0.1) is 12.6 Å². The molecule has 0 bridgehead atoms. The third-order valence-electron chi connectivity index (χ3n) is 4.83. The first kappa shape index (κ1) is 18.9. The molecular formula is C19H26N4O2. The Morgan fingerprint density at radius 1 is 1.20 bits per heavy atom. The minimum atomic E-state index is -0.859. The molecule has 0 radical (unpaired) electrons. The number of hydrogen-bond acceptors (Lipinski definition) is 4. The predicted octanol–water partition coefficient (Wildman–Crippen LogP) is 1.50. The van der Waals surface area contributed by atoms with E-state index in [1.54, 1.807) is 6.92 Å². The van der Waals surface area contributed by atoms with Crippen LogP contribution in [0.2, 0.25) is 0 Å². The number of amides is 2. The Kier molecular flexibility index (Phi) is 6.16. The first-order chi connectivity index (χ1) is 11.9. The normalized spacial score (nSPS) is 17.6. The lowest BCUT2D eigenvalue weighted by atomic mass is 9.90. The van der Waals surface area contributed by atoms with Gasteiger partial charge < -0.3 is 10.2 Å². The SMILES string of the molecule is CC(C)[C@@](C)(C#N)NC(=O)CN1CCN(C(=O)c2ccccc2)CC1. The van der Waals surface area contributed by atoms with Gasteiger partial charge in [-0.3, -0.25) is 14.5 Å². The van der Waals surface area contributed by atoms with Crippen LogP contribution in [0.15, 0.2) is 30.3 Å². The van der Waals surface area contributed by atoms with Gasteiger partial charge in [-0.05, 0) is 25.0 Å². The van der Waals surface area contributed by atoms with E-state index in [-0.39, 0.29) is 24.3 Å². The summed E-state index contributed by atoms with van der Waals surface area (Å²) in [6, 6.07) is 11.4. The lowest BCUT2D eigenvalue weighted by Gasteiger charge is -2.35. The zero-order valence-electron chi connectivity index (χ0n) is 15.2. The van der Waals surface area contributed by atoms with Crippen LogP contribution in [0.1, 0.15) is 31.1 Å². The maximum Gasteiger partial charge on any atom is 0.253 e. The maximum absolute atomic E-state index is 12.4. The van der Waals surface area contributed by atoms with Gasteiger partial charge in [-0.15, -0.1) is 0 Å². The molecule has 1 aliphatic heterocycles. The third kappa shape index (κ3) is 4.80. The summed E-state index contributed by atoms with van der Waals surface area (Å²) >= 11 is 0. The third-order valence-corrected chi connectivity index (χ3v) is 4.83. The summed E-state index contributed by atoms with van der Waals surface area (Å²) in [5.74, 6) is -0.0936. The van der Waals surface area contributed by atoms with Crippen LogP contribution in [0.25, 0.3) is 0 Å². The second-order valence-corrected chi connectivity index (χ2v) is 6.95. The second-order valence-electron chi connectivity index (χ2n) is 6.95. The van der Waals surface area contributed by atoms with Crippen LogP contribution in [0.3, 0.4) is 0 Å². The summed E-state index contributed by atoms with van der Waals surface area (Å²) in [6.45, 7) is 8.31. The Morgan fingerprint density at radius 3 is 2.32 bits per heavy atom. The van der Waals surface area contributed by atoms with Crippen molar-refractivity contribution in [3.8, 4) is 6.07 Å². The van der Waals surface area contributed by atoms with Gasteiger partial charge in [0.1, 0.15) is 5.54 Å². The van der Waals surface area contributed by atoms with Crippen LogP contribution in [0.4, 0.5) is 0 Å². The van der Waals surface area contributed by atoms with E-state index in [0.29, 0.717) is 31.7 Å². The largest absolute Gasteiger partial charge is 0.337 e. The summed E-state index contributed by atoms with van der Waals surface area (Å²) in [4.78, 5) is 28.5. The summed E-state index contributed by atoms with van der Waals surface area (Å²) in [5, 5.41) is 12.1. The second kappa shape index (κ2) is 8.13. The van der Waals surface area contributed by atoms with Gasteiger partial charge in [0.25, 0.3) is 5.91 Å². The maximum atomic E-state index is 12.4. The molecule has 0 aromatic heterocycles. The molecule has 25 heavy (non-hydrogen) atoms. The number of carbonyl (C=O) groups is 2. The van der Waals surface area contributed by atoms with Crippen LogP contribution in [0.5, 0.6) is 0 Å². The van der Waals surface area contributed by atoms with Crippen molar-refractivity contribution in [2.45, 2.75) is 26.3 Å². The topological polar surface area (TPSA) is 76.4 Å². The van der Waals surface area contributed by atoms with E-state index in [9.17, 15) is 14.9 Å². The standard InChI is InChI=1S/C19H26N4O2/c1-15(2)19(3,14-20)21-17(24)13-22-9-11-23(12-10-22)18(25)16-7-5-4-6-8-16/h4-8,15H,9-13H2,1-3H3,(H,21,24)/t19-/m1/s1. The number of nitriles is 1. The zero-order chi connectivity index (χ0) is 18.4. The summed E-state index contributed by atoms with van der Waals surface area (Å²) < 4.78 is 0. The number of nitrogens with zero attached hydrogens (tertiary/aromatic N) is 3. The highest BCUT2D eigenvalue weighted by molar-refractivity contribution is 5.94. The Bertz CT molecular complexity index is 645. The fourth-order valence-electron chi connectivity index (χ4n) is 2.71. The van der Waals surface area contributed by atoms with Crippen molar-refractivity contribution < 1.29 is 9.59 Å². The summed E-state index contributed by atoms with van der Waals surface area (Å²) in [7, 11) is 0. The minimum Gasteiger partial charge on any atom is -0.337 e.